The summed E-state index contributed by atoms with van der Waals surface area (Å²) in [7, 11) is 1.94. The maximum Gasteiger partial charge on any atom is 0.128 e. The van der Waals surface area contributed by atoms with Gasteiger partial charge in [0.1, 0.15) is 5.82 Å². The zero-order valence-electron chi connectivity index (χ0n) is 11.0. The summed E-state index contributed by atoms with van der Waals surface area (Å²) in [5, 5.41) is 12.0. The Morgan fingerprint density at radius 2 is 2.06 bits per heavy atom. The molecule has 0 aliphatic carbocycles. The fraction of sp³-hybridized carbons (Fsp3) is 0.615. The summed E-state index contributed by atoms with van der Waals surface area (Å²) >= 11 is 0. The van der Waals surface area contributed by atoms with Crippen LogP contribution in [0.3, 0.4) is 0 Å². The van der Waals surface area contributed by atoms with E-state index in [1.54, 1.807) is 0 Å². The van der Waals surface area contributed by atoms with Gasteiger partial charge in [-0.2, -0.15) is 0 Å². The Hall–Kier alpha value is -1.17. The molecule has 1 aliphatic rings. The van der Waals surface area contributed by atoms with E-state index in [4.69, 9.17) is 5.11 Å². The normalized spacial score (nSPS) is 17.1. The smallest absolute Gasteiger partial charge is 0.128 e. The van der Waals surface area contributed by atoms with Crippen LogP contribution < -0.4 is 10.2 Å². The molecule has 1 aromatic heterocycles. The molecule has 0 bridgehead atoms. The second kappa shape index (κ2) is 6.68. The van der Waals surface area contributed by atoms with Gasteiger partial charge in [-0.25, -0.2) is 4.98 Å². The first kappa shape index (κ1) is 13.3. The van der Waals surface area contributed by atoms with Gasteiger partial charge in [-0.1, -0.05) is 6.07 Å². The van der Waals surface area contributed by atoms with Gasteiger partial charge in [0.05, 0.1) is 6.61 Å². The fourth-order valence-electron chi connectivity index (χ4n) is 2.25. The first-order valence-electron chi connectivity index (χ1n) is 6.51. The van der Waals surface area contributed by atoms with Gasteiger partial charge >= 0.3 is 0 Å². The minimum absolute atomic E-state index is 0.247. The fourth-order valence-corrected chi connectivity index (χ4v) is 2.25. The molecular formula is C13H22N4O. The van der Waals surface area contributed by atoms with Crippen LogP contribution in [-0.2, 0) is 6.54 Å². The van der Waals surface area contributed by atoms with Crippen LogP contribution >= 0.6 is 0 Å². The zero-order valence-corrected chi connectivity index (χ0v) is 11.0. The summed E-state index contributed by atoms with van der Waals surface area (Å²) in [5.74, 6) is 1.05. The average molecular weight is 250 g/mol. The van der Waals surface area contributed by atoms with Crippen LogP contribution in [0, 0.1) is 0 Å². The number of anilines is 1. The molecule has 1 fully saturated rings. The van der Waals surface area contributed by atoms with Crippen LogP contribution in [-0.4, -0.2) is 61.4 Å². The maximum atomic E-state index is 8.91. The van der Waals surface area contributed by atoms with E-state index in [-0.39, 0.29) is 6.61 Å². The lowest BCUT2D eigenvalue weighted by atomic mass is 10.2. The summed E-state index contributed by atoms with van der Waals surface area (Å²) in [4.78, 5) is 9.10. The molecule has 5 heteroatoms. The van der Waals surface area contributed by atoms with Crippen molar-refractivity contribution in [2.75, 3.05) is 51.3 Å². The minimum atomic E-state index is 0.247. The van der Waals surface area contributed by atoms with Crippen LogP contribution in [0.5, 0.6) is 0 Å². The van der Waals surface area contributed by atoms with Crippen LogP contribution in [0.4, 0.5) is 5.82 Å². The lowest BCUT2D eigenvalue weighted by Crippen LogP contribution is -2.47. The van der Waals surface area contributed by atoms with E-state index >= 15 is 0 Å². The number of pyridine rings is 1. The summed E-state index contributed by atoms with van der Waals surface area (Å²) in [5.41, 5.74) is 1.21. The largest absolute Gasteiger partial charge is 0.395 e. The van der Waals surface area contributed by atoms with Crippen molar-refractivity contribution < 1.29 is 5.11 Å². The Morgan fingerprint density at radius 1 is 1.28 bits per heavy atom. The van der Waals surface area contributed by atoms with Crippen LogP contribution in [0.15, 0.2) is 18.3 Å². The van der Waals surface area contributed by atoms with Crippen molar-refractivity contribution in [3.8, 4) is 0 Å². The summed E-state index contributed by atoms with van der Waals surface area (Å²) in [6.07, 6.45) is 1.94. The Kier molecular flexibility index (Phi) is 4.92. The highest BCUT2D eigenvalue weighted by molar-refractivity contribution is 5.39. The van der Waals surface area contributed by atoms with Crippen LogP contribution in [0.1, 0.15) is 5.56 Å². The van der Waals surface area contributed by atoms with E-state index in [1.807, 2.05) is 13.2 Å². The topological polar surface area (TPSA) is 51.6 Å². The lowest BCUT2D eigenvalue weighted by Gasteiger charge is -2.35. The second-order valence-electron chi connectivity index (χ2n) is 4.61. The van der Waals surface area contributed by atoms with E-state index < -0.39 is 0 Å². The van der Waals surface area contributed by atoms with Crippen LogP contribution in [0.25, 0.3) is 0 Å². The third-order valence-electron chi connectivity index (χ3n) is 3.30. The van der Waals surface area contributed by atoms with Gasteiger partial charge in [-0.3, -0.25) is 4.90 Å². The molecule has 2 rings (SSSR count). The first-order chi connectivity index (χ1) is 8.83. The molecule has 5 nitrogen and oxygen atoms in total. The predicted molar refractivity (Wildman–Crippen MR) is 72.7 cm³/mol. The van der Waals surface area contributed by atoms with Gasteiger partial charge in [-0.05, 0) is 18.7 Å². The van der Waals surface area contributed by atoms with Gasteiger partial charge in [0.15, 0.2) is 0 Å². The number of rotatable bonds is 5. The summed E-state index contributed by atoms with van der Waals surface area (Å²) < 4.78 is 0. The van der Waals surface area contributed by atoms with E-state index in [9.17, 15) is 0 Å². The third kappa shape index (κ3) is 3.41. The zero-order chi connectivity index (χ0) is 12.8. The molecule has 100 valence electrons. The number of nitrogens with zero attached hydrogens (tertiary/aromatic N) is 3. The van der Waals surface area contributed by atoms with Gasteiger partial charge < -0.3 is 15.3 Å². The molecule has 2 heterocycles. The molecule has 18 heavy (non-hydrogen) atoms. The molecule has 0 saturated carbocycles. The van der Waals surface area contributed by atoms with Gasteiger partial charge in [0.25, 0.3) is 0 Å². The number of hydrogen-bond acceptors (Lipinski definition) is 5. The van der Waals surface area contributed by atoms with Crippen molar-refractivity contribution in [3.63, 3.8) is 0 Å². The van der Waals surface area contributed by atoms with Crippen molar-refractivity contribution in [1.29, 1.82) is 0 Å². The molecular weight excluding hydrogens is 228 g/mol. The average Bonchev–Trinajstić information content (AvgIpc) is 2.41. The molecule has 0 aromatic carbocycles. The lowest BCUT2D eigenvalue weighted by molar-refractivity contribution is 0.188. The van der Waals surface area contributed by atoms with E-state index in [2.05, 4.69) is 32.2 Å². The standard InChI is InChI=1S/C13H22N4O/c1-14-10-12-2-3-13(15-11-12)17-6-4-16(5-7-17)8-9-18/h2-3,11,14,18H,4-10H2,1H3. The Balaban J connectivity index is 1.89. The summed E-state index contributed by atoms with van der Waals surface area (Å²) in [6, 6.07) is 4.22. The second-order valence-corrected chi connectivity index (χ2v) is 4.61. The minimum Gasteiger partial charge on any atom is -0.395 e. The van der Waals surface area contributed by atoms with E-state index in [0.29, 0.717) is 0 Å². The molecule has 1 aromatic rings. The monoisotopic (exact) mass is 250 g/mol. The number of aliphatic hydroxyl groups is 1. The molecule has 1 saturated heterocycles. The predicted octanol–water partition coefficient (Wildman–Crippen LogP) is -0.0847. The van der Waals surface area contributed by atoms with Crippen LogP contribution in [0.2, 0.25) is 0 Å². The van der Waals surface area contributed by atoms with Gasteiger partial charge in [-0.15, -0.1) is 0 Å². The Labute approximate surface area is 108 Å². The first-order valence-corrected chi connectivity index (χ1v) is 6.51. The highest BCUT2D eigenvalue weighted by atomic mass is 16.3. The van der Waals surface area contributed by atoms with Gasteiger partial charge in [0.2, 0.25) is 0 Å². The molecule has 0 amide bonds. The number of piperazine rings is 1. The molecule has 2 N–H and O–H groups in total. The van der Waals surface area contributed by atoms with Crippen molar-refractivity contribution >= 4 is 5.82 Å². The third-order valence-corrected chi connectivity index (χ3v) is 3.30. The molecule has 0 atom stereocenters. The molecule has 1 aliphatic heterocycles. The quantitative estimate of drug-likeness (QED) is 0.765. The summed E-state index contributed by atoms with van der Waals surface area (Å²) in [6.45, 7) is 5.86. The van der Waals surface area contributed by atoms with Crippen molar-refractivity contribution in [1.82, 2.24) is 15.2 Å². The number of aromatic nitrogens is 1. The maximum absolute atomic E-state index is 8.91. The van der Waals surface area contributed by atoms with E-state index in [1.165, 1.54) is 5.56 Å². The van der Waals surface area contributed by atoms with Crippen molar-refractivity contribution in [2.24, 2.45) is 0 Å². The SMILES string of the molecule is CNCc1ccc(N2CCN(CCO)CC2)nc1. The van der Waals surface area contributed by atoms with Crippen molar-refractivity contribution in [3.05, 3.63) is 23.9 Å². The number of aliphatic hydroxyl groups excluding tert-OH is 1. The number of β-amino-alcohol motifs (C(OH)–C–C–N with tert-alkyl or cyclic N) is 1. The number of hydrogen-bond donors (Lipinski definition) is 2. The highest BCUT2D eigenvalue weighted by Crippen LogP contribution is 2.13. The van der Waals surface area contributed by atoms with Gasteiger partial charge in [0, 0.05) is 45.5 Å². The molecule has 0 radical (unpaired) electrons. The van der Waals surface area contributed by atoms with E-state index in [0.717, 1.165) is 45.1 Å². The Bertz CT molecular complexity index is 347. The molecule has 0 spiro atoms. The number of nitrogens with one attached hydrogen (secondary N) is 1. The molecule has 0 unspecified atom stereocenters. The highest BCUT2D eigenvalue weighted by Gasteiger charge is 2.17. The Morgan fingerprint density at radius 3 is 2.61 bits per heavy atom. The van der Waals surface area contributed by atoms with Crippen molar-refractivity contribution in [2.45, 2.75) is 6.54 Å².